The number of carbonyl (C=O) groups is 1. The zero-order chi connectivity index (χ0) is 13.9. The Morgan fingerprint density at radius 3 is 2.65 bits per heavy atom. The number of anilines is 1. The van der Waals surface area contributed by atoms with Gasteiger partial charge < -0.3 is 5.32 Å². The summed E-state index contributed by atoms with van der Waals surface area (Å²) in [6, 6.07) is 7.59. The molecule has 0 radical (unpaired) electrons. The molecule has 20 heavy (non-hydrogen) atoms. The molecule has 0 aromatic heterocycles. The number of carbonyl (C=O) groups excluding carboxylic acids is 1. The Bertz CT molecular complexity index is 614. The van der Waals surface area contributed by atoms with Crippen LogP contribution in [0.25, 0.3) is 0 Å². The summed E-state index contributed by atoms with van der Waals surface area (Å²) in [5, 5.41) is 12.0. The molecule has 1 aromatic rings. The molecular formula is C17H18N2O. The highest BCUT2D eigenvalue weighted by atomic mass is 16.2. The molecule has 0 aliphatic heterocycles. The first-order chi connectivity index (χ1) is 9.69. The molecule has 102 valence electrons. The minimum Gasteiger partial charge on any atom is -0.326 e. The van der Waals surface area contributed by atoms with Crippen LogP contribution in [-0.4, -0.2) is 5.91 Å². The molecule has 1 N–H and O–H groups in total. The van der Waals surface area contributed by atoms with E-state index in [1.807, 2.05) is 13.0 Å². The minimum atomic E-state index is 0.176. The van der Waals surface area contributed by atoms with E-state index in [2.05, 4.69) is 11.4 Å². The number of nitrogens with one attached hydrogen (secondary N) is 1. The molecule has 2 bridgehead atoms. The molecule has 4 atom stereocenters. The molecule has 4 rings (SSSR count). The molecule has 3 aliphatic carbocycles. The Hall–Kier alpha value is -1.82. The van der Waals surface area contributed by atoms with Gasteiger partial charge >= 0.3 is 0 Å². The van der Waals surface area contributed by atoms with Gasteiger partial charge in [0.1, 0.15) is 0 Å². The number of fused-ring (bicyclic) bond motifs is 5. The lowest BCUT2D eigenvalue weighted by atomic mass is 10.0. The molecule has 3 saturated carbocycles. The number of nitriles is 1. The Balaban J connectivity index is 1.51. The van der Waals surface area contributed by atoms with Crippen LogP contribution in [0, 0.1) is 47.8 Å². The topological polar surface area (TPSA) is 52.9 Å². The summed E-state index contributed by atoms with van der Waals surface area (Å²) in [5.74, 6) is 3.36. The first kappa shape index (κ1) is 12.0. The highest BCUT2D eigenvalue weighted by Crippen LogP contribution is 2.69. The zero-order valence-corrected chi connectivity index (χ0v) is 11.6. The summed E-state index contributed by atoms with van der Waals surface area (Å²) >= 11 is 0. The molecule has 4 unspecified atom stereocenters. The third-order valence-corrected chi connectivity index (χ3v) is 5.66. The van der Waals surface area contributed by atoms with E-state index in [9.17, 15) is 4.79 Å². The molecule has 1 aromatic carbocycles. The van der Waals surface area contributed by atoms with E-state index in [1.165, 1.54) is 19.3 Å². The van der Waals surface area contributed by atoms with Crippen molar-refractivity contribution >= 4 is 11.6 Å². The van der Waals surface area contributed by atoms with Crippen molar-refractivity contribution in [2.24, 2.45) is 29.6 Å². The monoisotopic (exact) mass is 266 g/mol. The summed E-state index contributed by atoms with van der Waals surface area (Å²) in [6.07, 6.45) is 4.03. The summed E-state index contributed by atoms with van der Waals surface area (Å²) in [7, 11) is 0. The van der Waals surface area contributed by atoms with Crippen LogP contribution in [-0.2, 0) is 4.79 Å². The number of nitrogens with zero attached hydrogens (tertiary/aromatic N) is 1. The molecule has 0 saturated heterocycles. The first-order valence-electron chi connectivity index (χ1n) is 7.50. The van der Waals surface area contributed by atoms with Gasteiger partial charge in [-0.05, 0) is 67.6 Å². The summed E-state index contributed by atoms with van der Waals surface area (Å²) in [6.45, 7) is 1.97. The van der Waals surface area contributed by atoms with Gasteiger partial charge in [-0.15, -0.1) is 0 Å². The van der Waals surface area contributed by atoms with Crippen molar-refractivity contribution in [1.29, 1.82) is 5.26 Å². The second-order valence-corrected chi connectivity index (χ2v) is 6.64. The lowest BCUT2D eigenvalue weighted by molar-refractivity contribution is -0.118. The average molecular weight is 266 g/mol. The van der Waals surface area contributed by atoms with Gasteiger partial charge in [0.05, 0.1) is 11.6 Å². The largest absolute Gasteiger partial charge is 0.326 e. The van der Waals surface area contributed by atoms with Crippen LogP contribution in [0.2, 0.25) is 0 Å². The number of aryl methyl sites for hydroxylation is 1. The third-order valence-electron chi connectivity index (χ3n) is 5.66. The number of hydrogen-bond acceptors (Lipinski definition) is 2. The lowest BCUT2D eigenvalue weighted by Crippen LogP contribution is -2.19. The highest BCUT2D eigenvalue weighted by molar-refractivity contribution is 5.96. The first-order valence-corrected chi connectivity index (χ1v) is 7.50. The number of hydrogen-bond donors (Lipinski definition) is 1. The van der Waals surface area contributed by atoms with Crippen molar-refractivity contribution in [3.05, 3.63) is 29.3 Å². The maximum atomic E-state index is 12.5. The van der Waals surface area contributed by atoms with Gasteiger partial charge in [-0.2, -0.15) is 5.26 Å². The summed E-state index contributed by atoms with van der Waals surface area (Å²) < 4.78 is 0. The van der Waals surface area contributed by atoms with Gasteiger partial charge in [-0.1, -0.05) is 6.07 Å². The van der Waals surface area contributed by atoms with Crippen LogP contribution >= 0.6 is 0 Å². The third kappa shape index (κ3) is 1.61. The van der Waals surface area contributed by atoms with Crippen molar-refractivity contribution in [3.8, 4) is 6.07 Å². The van der Waals surface area contributed by atoms with Crippen molar-refractivity contribution in [2.75, 3.05) is 5.32 Å². The fourth-order valence-corrected chi connectivity index (χ4v) is 4.72. The standard InChI is InChI=1S/C17H18N2O/c1-9-2-3-10(8-18)6-13(9)19-17(20)16-14-11-4-5-12(7-11)15(14)16/h2-3,6,11-12,14-16H,4-5,7H2,1H3,(H,19,20). The van der Waals surface area contributed by atoms with Crippen molar-refractivity contribution in [3.63, 3.8) is 0 Å². The van der Waals surface area contributed by atoms with E-state index < -0.39 is 0 Å². The second-order valence-electron chi connectivity index (χ2n) is 6.64. The van der Waals surface area contributed by atoms with Crippen molar-refractivity contribution in [1.82, 2.24) is 0 Å². The zero-order valence-electron chi connectivity index (χ0n) is 11.6. The Kier molecular flexibility index (Phi) is 2.44. The van der Waals surface area contributed by atoms with Crippen LogP contribution in [0.4, 0.5) is 5.69 Å². The quantitative estimate of drug-likeness (QED) is 0.894. The molecular weight excluding hydrogens is 248 g/mol. The van der Waals surface area contributed by atoms with Crippen LogP contribution in [0.5, 0.6) is 0 Å². The van der Waals surface area contributed by atoms with Crippen molar-refractivity contribution < 1.29 is 4.79 Å². The van der Waals surface area contributed by atoms with Gasteiger partial charge in [0.2, 0.25) is 5.91 Å². The fourth-order valence-electron chi connectivity index (χ4n) is 4.72. The second kappa shape index (κ2) is 4.09. The Morgan fingerprint density at radius 2 is 2.00 bits per heavy atom. The molecule has 3 aliphatic rings. The van der Waals surface area contributed by atoms with E-state index in [4.69, 9.17) is 5.26 Å². The molecule has 3 nitrogen and oxygen atoms in total. The van der Waals surface area contributed by atoms with E-state index in [0.717, 1.165) is 23.1 Å². The summed E-state index contributed by atoms with van der Waals surface area (Å²) in [5.41, 5.74) is 2.42. The SMILES string of the molecule is Cc1ccc(C#N)cc1NC(=O)C1C2C3CCC(C3)C12. The minimum absolute atomic E-state index is 0.176. The van der Waals surface area contributed by atoms with Crippen LogP contribution < -0.4 is 5.32 Å². The molecule has 3 heteroatoms. The number of benzene rings is 1. The molecule has 0 spiro atoms. The number of rotatable bonds is 2. The Morgan fingerprint density at radius 1 is 1.30 bits per heavy atom. The van der Waals surface area contributed by atoms with E-state index in [1.54, 1.807) is 12.1 Å². The van der Waals surface area contributed by atoms with Crippen LogP contribution in [0.3, 0.4) is 0 Å². The Labute approximate surface area is 119 Å². The molecule has 3 fully saturated rings. The maximum absolute atomic E-state index is 12.5. The van der Waals surface area contributed by atoms with E-state index in [-0.39, 0.29) is 11.8 Å². The highest BCUT2D eigenvalue weighted by Gasteiger charge is 2.67. The van der Waals surface area contributed by atoms with Gasteiger partial charge in [-0.3, -0.25) is 4.79 Å². The van der Waals surface area contributed by atoms with Crippen LogP contribution in [0.15, 0.2) is 18.2 Å². The average Bonchev–Trinajstić information content (AvgIpc) is 2.90. The number of amides is 1. The van der Waals surface area contributed by atoms with Gasteiger partial charge in [-0.25, -0.2) is 0 Å². The smallest absolute Gasteiger partial charge is 0.228 e. The lowest BCUT2D eigenvalue weighted by Gasteiger charge is -2.11. The van der Waals surface area contributed by atoms with Gasteiger partial charge in [0, 0.05) is 11.6 Å². The van der Waals surface area contributed by atoms with Gasteiger partial charge in [0.15, 0.2) is 0 Å². The van der Waals surface area contributed by atoms with Crippen LogP contribution in [0.1, 0.15) is 30.4 Å². The van der Waals surface area contributed by atoms with Crippen molar-refractivity contribution in [2.45, 2.75) is 26.2 Å². The van der Waals surface area contributed by atoms with E-state index in [0.29, 0.717) is 17.4 Å². The maximum Gasteiger partial charge on any atom is 0.228 e. The summed E-state index contributed by atoms with van der Waals surface area (Å²) in [4.78, 5) is 12.5. The predicted octanol–water partition coefficient (Wildman–Crippen LogP) is 3.10. The normalized spacial score (nSPS) is 36.3. The molecule has 0 heterocycles. The van der Waals surface area contributed by atoms with Gasteiger partial charge in [0.25, 0.3) is 0 Å². The molecule has 1 amide bonds. The van der Waals surface area contributed by atoms with E-state index >= 15 is 0 Å². The fraction of sp³-hybridized carbons (Fsp3) is 0.529. The predicted molar refractivity (Wildman–Crippen MR) is 75.8 cm³/mol.